The molecule has 90 valence electrons. The molecule has 3 unspecified atom stereocenters. The van der Waals surface area contributed by atoms with Gasteiger partial charge in [0.15, 0.2) is 0 Å². The number of hydrogen-bond acceptors (Lipinski definition) is 3. The number of hydrogen-bond donors (Lipinski definition) is 2. The van der Waals surface area contributed by atoms with E-state index in [1.807, 2.05) is 12.5 Å². The van der Waals surface area contributed by atoms with Gasteiger partial charge in [-0.1, -0.05) is 0 Å². The van der Waals surface area contributed by atoms with E-state index in [1.54, 1.807) is 45.0 Å². The molecule has 0 heterocycles. The Bertz CT molecular complexity index is 175. The van der Waals surface area contributed by atoms with Crippen molar-refractivity contribution in [2.24, 2.45) is 11.8 Å². The van der Waals surface area contributed by atoms with Crippen molar-refractivity contribution in [3.05, 3.63) is 0 Å². The number of likely N-dealkylation sites (N-methyl/N-ethyl adjacent to an activating group) is 1. The molecule has 0 aliphatic heterocycles. The van der Waals surface area contributed by atoms with Gasteiger partial charge in [0.05, 0.1) is 0 Å². The van der Waals surface area contributed by atoms with E-state index in [2.05, 4.69) is 5.32 Å². The van der Waals surface area contributed by atoms with Crippen LogP contribution in [0.25, 0.3) is 0 Å². The van der Waals surface area contributed by atoms with Crippen LogP contribution in [0.1, 0.15) is 26.2 Å². The zero-order valence-corrected chi connectivity index (χ0v) is 10.9. The third-order valence-corrected chi connectivity index (χ3v) is 2.78. The molecule has 0 aromatic carbocycles. The zero-order valence-electron chi connectivity index (χ0n) is 10.1. The van der Waals surface area contributed by atoms with Crippen molar-refractivity contribution in [3.63, 3.8) is 0 Å². The van der Waals surface area contributed by atoms with Crippen LogP contribution in [0.4, 0.5) is 0 Å². The molecule has 0 aromatic heterocycles. The molecule has 2 saturated carbocycles. The van der Waals surface area contributed by atoms with Gasteiger partial charge >= 0.3 is 5.97 Å². The first kappa shape index (κ1) is 14.8. The van der Waals surface area contributed by atoms with Gasteiger partial charge in [-0.25, -0.2) is 0 Å². The molecule has 2 rings (SSSR count). The van der Waals surface area contributed by atoms with Crippen LogP contribution in [-0.4, -0.2) is 36.7 Å². The lowest BCUT2D eigenvalue weighted by molar-refractivity contribution is -0.138. The molecule has 2 fully saturated rings. The summed E-state index contributed by atoms with van der Waals surface area (Å²) in [6.07, 6.45) is 8.79. The molecule has 0 bridgehead atoms. The van der Waals surface area contributed by atoms with Crippen LogP contribution in [0.15, 0.2) is 0 Å². The second-order valence-corrected chi connectivity index (χ2v) is 4.91. The molecule has 15 heavy (non-hydrogen) atoms. The Kier molecular flexibility index (Phi) is 7.88. The normalized spacial score (nSPS) is 26.7. The first-order chi connectivity index (χ1) is 7.06. The summed E-state index contributed by atoms with van der Waals surface area (Å²) < 4.78 is 0. The molecule has 2 N–H and O–H groups in total. The van der Waals surface area contributed by atoms with Gasteiger partial charge in [0.2, 0.25) is 0 Å². The van der Waals surface area contributed by atoms with Crippen molar-refractivity contribution in [2.75, 3.05) is 19.6 Å². The first-order valence-corrected chi connectivity index (χ1v) is 7.00. The van der Waals surface area contributed by atoms with Crippen molar-refractivity contribution >= 4 is 17.7 Å². The average Bonchev–Trinajstić information content (AvgIpc) is 2.74. The highest BCUT2D eigenvalue weighted by Crippen LogP contribution is 2.55. The van der Waals surface area contributed by atoms with Gasteiger partial charge in [0.25, 0.3) is 0 Å². The van der Waals surface area contributed by atoms with Crippen LogP contribution in [-0.2, 0) is 4.79 Å². The molecule has 3 atom stereocenters. The summed E-state index contributed by atoms with van der Waals surface area (Å²) in [7, 11) is 1.61. The molecule has 2 aliphatic carbocycles. The fourth-order valence-electron chi connectivity index (χ4n) is 1.31. The Morgan fingerprint density at radius 3 is 1.80 bits per heavy atom. The number of carboxylic acid groups (broad SMARTS) is 1. The topological polar surface area (TPSA) is 49.3 Å². The van der Waals surface area contributed by atoms with Gasteiger partial charge in [-0.05, 0) is 57.6 Å². The van der Waals surface area contributed by atoms with E-state index in [0.717, 1.165) is 0 Å². The summed E-state index contributed by atoms with van der Waals surface area (Å²) in [6, 6.07) is -0.431. The van der Waals surface area contributed by atoms with E-state index < -0.39 is 12.0 Å². The average molecular weight is 233 g/mol. The minimum atomic E-state index is -0.817. The molecule has 0 saturated heterocycles. The number of aliphatic carboxylic acids is 1. The van der Waals surface area contributed by atoms with Gasteiger partial charge in [-0.2, -0.15) is 11.8 Å². The van der Waals surface area contributed by atoms with E-state index in [1.165, 1.54) is 11.8 Å². The van der Waals surface area contributed by atoms with Gasteiger partial charge in [-0.3, -0.25) is 4.79 Å². The maximum Gasteiger partial charge on any atom is 0.320 e. The lowest BCUT2D eigenvalue weighted by Gasteiger charge is -2.04. The molecule has 0 aromatic rings. The minimum Gasteiger partial charge on any atom is -0.480 e. The van der Waals surface area contributed by atoms with Crippen molar-refractivity contribution < 1.29 is 9.90 Å². The molecule has 0 radical (unpaired) electrons. The van der Waals surface area contributed by atoms with Crippen LogP contribution in [0.5, 0.6) is 0 Å². The standard InChI is InChI=1S/C5H8.C4H9NO2.C2H6S/c1-2-5-3-4(1)5;1-3(5-2)4(6)7;1-3-2/h4-5H,1-3H2;3,5H,1-2H3,(H,6,7);1-2H3. The maximum atomic E-state index is 9.87. The maximum absolute atomic E-state index is 9.87. The van der Waals surface area contributed by atoms with E-state index in [4.69, 9.17) is 5.11 Å². The second-order valence-electron chi connectivity index (χ2n) is 4.09. The summed E-state index contributed by atoms with van der Waals surface area (Å²) >= 11 is 1.75. The highest BCUT2D eigenvalue weighted by molar-refractivity contribution is 7.97. The largest absolute Gasteiger partial charge is 0.480 e. The fraction of sp³-hybridized carbons (Fsp3) is 0.909. The molecule has 2 aliphatic rings. The number of fused-ring (bicyclic) bond motifs is 1. The second kappa shape index (κ2) is 7.99. The van der Waals surface area contributed by atoms with Crippen molar-refractivity contribution in [1.29, 1.82) is 0 Å². The molecular formula is C11H23NO2S. The Labute approximate surface area is 97.0 Å². The number of nitrogens with one attached hydrogen (secondary N) is 1. The summed E-state index contributed by atoms with van der Waals surface area (Å²) in [5, 5.41) is 10.7. The Morgan fingerprint density at radius 1 is 1.40 bits per heavy atom. The molecule has 0 amide bonds. The van der Waals surface area contributed by atoms with E-state index in [9.17, 15) is 4.79 Å². The number of rotatable bonds is 2. The molecular weight excluding hydrogens is 210 g/mol. The third-order valence-electron chi connectivity index (χ3n) is 2.78. The summed E-state index contributed by atoms with van der Waals surface area (Å²) in [4.78, 5) is 9.87. The number of carboxylic acids is 1. The van der Waals surface area contributed by atoms with Crippen LogP contribution in [0, 0.1) is 11.8 Å². The minimum absolute atomic E-state index is 0.431. The van der Waals surface area contributed by atoms with E-state index in [0.29, 0.717) is 0 Å². The van der Waals surface area contributed by atoms with Gasteiger partial charge in [-0.15, -0.1) is 0 Å². The van der Waals surface area contributed by atoms with Gasteiger partial charge in [0.1, 0.15) is 6.04 Å². The summed E-state index contributed by atoms with van der Waals surface area (Å²) in [5.74, 6) is 1.65. The number of thioether (sulfide) groups is 1. The fourth-order valence-corrected chi connectivity index (χ4v) is 1.31. The van der Waals surface area contributed by atoms with Crippen LogP contribution < -0.4 is 5.32 Å². The van der Waals surface area contributed by atoms with Gasteiger partial charge < -0.3 is 10.4 Å². The SMILES string of the molecule is C1CC2CC12.CNC(C)C(=O)O.CSC. The van der Waals surface area contributed by atoms with Crippen LogP contribution >= 0.6 is 11.8 Å². The number of carbonyl (C=O) groups is 1. The Hall–Kier alpha value is -0.220. The molecule has 4 heteroatoms. The Morgan fingerprint density at radius 2 is 1.80 bits per heavy atom. The third kappa shape index (κ3) is 6.79. The van der Waals surface area contributed by atoms with Crippen molar-refractivity contribution in [3.8, 4) is 0 Å². The smallest absolute Gasteiger partial charge is 0.320 e. The Balaban J connectivity index is 0.000000212. The summed E-state index contributed by atoms with van der Waals surface area (Å²) in [6.45, 7) is 1.59. The van der Waals surface area contributed by atoms with Crippen LogP contribution in [0.3, 0.4) is 0 Å². The van der Waals surface area contributed by atoms with E-state index in [-0.39, 0.29) is 0 Å². The highest BCUT2D eigenvalue weighted by Gasteiger charge is 2.44. The summed E-state index contributed by atoms with van der Waals surface area (Å²) in [5.41, 5.74) is 0. The predicted molar refractivity (Wildman–Crippen MR) is 66.4 cm³/mol. The lowest BCUT2D eigenvalue weighted by atomic mass is 10.0. The quantitative estimate of drug-likeness (QED) is 0.766. The first-order valence-electron chi connectivity index (χ1n) is 5.37. The zero-order chi connectivity index (χ0) is 11.8. The van der Waals surface area contributed by atoms with Gasteiger partial charge in [0, 0.05) is 0 Å². The monoisotopic (exact) mass is 233 g/mol. The predicted octanol–water partition coefficient (Wildman–Crippen LogP) is 2.07. The van der Waals surface area contributed by atoms with Crippen molar-refractivity contribution in [1.82, 2.24) is 5.32 Å². The lowest BCUT2D eigenvalue weighted by Crippen LogP contribution is -2.29. The van der Waals surface area contributed by atoms with E-state index >= 15 is 0 Å². The highest BCUT2D eigenvalue weighted by atomic mass is 32.2. The van der Waals surface area contributed by atoms with Crippen molar-refractivity contribution in [2.45, 2.75) is 32.2 Å². The molecule has 3 nitrogen and oxygen atoms in total. The van der Waals surface area contributed by atoms with Crippen LogP contribution in [0.2, 0.25) is 0 Å². The molecule has 0 spiro atoms.